The van der Waals surface area contributed by atoms with Gasteiger partial charge in [0.2, 0.25) is 0 Å². The summed E-state index contributed by atoms with van der Waals surface area (Å²) in [5, 5.41) is 38.9. The molecule has 0 aliphatic carbocycles. The van der Waals surface area contributed by atoms with E-state index >= 15 is 0 Å². The Hall–Kier alpha value is -0.680. The lowest BCUT2D eigenvalue weighted by molar-refractivity contribution is -0.0510. The van der Waals surface area contributed by atoms with Gasteiger partial charge in [-0.25, -0.2) is 0 Å². The largest absolute Gasteiger partial charge is 0.390 e. The molecule has 0 bridgehead atoms. The van der Waals surface area contributed by atoms with Gasteiger partial charge in [0.1, 0.15) is 0 Å². The predicted molar refractivity (Wildman–Crippen MR) is 76.7 cm³/mol. The van der Waals surface area contributed by atoms with Gasteiger partial charge < -0.3 is 20.4 Å². The zero-order valence-corrected chi connectivity index (χ0v) is 12.4. The summed E-state index contributed by atoms with van der Waals surface area (Å²) in [4.78, 5) is 0. The molecule has 0 heterocycles. The Morgan fingerprint density at radius 2 is 1.74 bits per heavy atom. The Bertz CT molecular complexity index is 313. The van der Waals surface area contributed by atoms with E-state index in [1.165, 1.54) is 6.08 Å². The van der Waals surface area contributed by atoms with Crippen molar-refractivity contribution in [2.75, 3.05) is 0 Å². The maximum atomic E-state index is 9.82. The van der Waals surface area contributed by atoms with Crippen LogP contribution in [0.4, 0.5) is 0 Å². The second kappa shape index (κ2) is 7.20. The van der Waals surface area contributed by atoms with Gasteiger partial charge in [-0.05, 0) is 40.5 Å². The summed E-state index contributed by atoms with van der Waals surface area (Å²) in [6.07, 6.45) is 2.69. The van der Waals surface area contributed by atoms with Crippen LogP contribution in [-0.2, 0) is 0 Å². The van der Waals surface area contributed by atoms with Crippen LogP contribution in [0.5, 0.6) is 0 Å². The normalized spacial score (nSPS) is 19.7. The molecule has 4 N–H and O–H groups in total. The fourth-order valence-corrected chi connectivity index (χ4v) is 1.70. The highest BCUT2D eigenvalue weighted by atomic mass is 16.3. The first-order valence-corrected chi connectivity index (χ1v) is 6.59. The van der Waals surface area contributed by atoms with E-state index in [1.54, 1.807) is 26.8 Å². The zero-order chi connectivity index (χ0) is 15.3. The average molecular weight is 272 g/mol. The zero-order valence-electron chi connectivity index (χ0n) is 12.4. The molecule has 4 nitrogen and oxygen atoms in total. The van der Waals surface area contributed by atoms with Crippen LogP contribution in [0, 0.1) is 0 Å². The summed E-state index contributed by atoms with van der Waals surface area (Å²) >= 11 is 0. The molecule has 0 aliphatic rings. The van der Waals surface area contributed by atoms with Crippen molar-refractivity contribution in [3.8, 4) is 0 Å². The van der Waals surface area contributed by atoms with Gasteiger partial charge >= 0.3 is 0 Å². The lowest BCUT2D eigenvalue weighted by Gasteiger charge is -2.24. The molecule has 0 saturated heterocycles. The number of hydrogen-bond acceptors (Lipinski definition) is 4. The summed E-state index contributed by atoms with van der Waals surface area (Å²) in [6, 6.07) is 0. The van der Waals surface area contributed by atoms with Gasteiger partial charge in [0.15, 0.2) is 0 Å². The van der Waals surface area contributed by atoms with Crippen molar-refractivity contribution >= 4 is 0 Å². The molecule has 0 amide bonds. The molecule has 0 fully saturated rings. The monoisotopic (exact) mass is 272 g/mol. The SMILES string of the molecule is C=C[C@@](C)(O)C[C@H](O)/C=C(\C)CC[C@@H](O)C(C)(C)O. The first-order valence-electron chi connectivity index (χ1n) is 6.59. The van der Waals surface area contributed by atoms with Crippen LogP contribution in [0.25, 0.3) is 0 Å². The van der Waals surface area contributed by atoms with Gasteiger partial charge in [-0.15, -0.1) is 6.58 Å². The van der Waals surface area contributed by atoms with E-state index in [-0.39, 0.29) is 6.42 Å². The van der Waals surface area contributed by atoms with E-state index in [4.69, 9.17) is 0 Å². The third kappa shape index (κ3) is 8.16. The van der Waals surface area contributed by atoms with Crippen LogP contribution in [0.2, 0.25) is 0 Å². The Morgan fingerprint density at radius 3 is 2.16 bits per heavy atom. The molecular weight excluding hydrogens is 244 g/mol. The van der Waals surface area contributed by atoms with Crippen LogP contribution in [0.1, 0.15) is 47.0 Å². The highest BCUT2D eigenvalue weighted by Crippen LogP contribution is 2.19. The van der Waals surface area contributed by atoms with Crippen molar-refractivity contribution in [1.82, 2.24) is 0 Å². The Balaban J connectivity index is 4.31. The van der Waals surface area contributed by atoms with Gasteiger partial charge in [0, 0.05) is 6.42 Å². The molecule has 4 heteroatoms. The Labute approximate surface area is 116 Å². The Morgan fingerprint density at radius 1 is 1.21 bits per heavy atom. The second-order valence-corrected chi connectivity index (χ2v) is 6.05. The molecule has 0 aromatic carbocycles. The molecule has 0 saturated carbocycles. The summed E-state index contributed by atoms with van der Waals surface area (Å²) in [7, 11) is 0. The van der Waals surface area contributed by atoms with Crippen molar-refractivity contribution in [3.63, 3.8) is 0 Å². The van der Waals surface area contributed by atoms with Crippen LogP contribution in [0.15, 0.2) is 24.3 Å². The quantitative estimate of drug-likeness (QED) is 0.505. The molecule has 3 atom stereocenters. The van der Waals surface area contributed by atoms with Crippen molar-refractivity contribution in [2.45, 2.75) is 70.4 Å². The van der Waals surface area contributed by atoms with Gasteiger partial charge in [-0.1, -0.05) is 17.7 Å². The molecule has 112 valence electrons. The van der Waals surface area contributed by atoms with E-state index in [9.17, 15) is 20.4 Å². The number of hydrogen-bond donors (Lipinski definition) is 4. The molecule has 0 radical (unpaired) electrons. The minimum atomic E-state index is -1.12. The van der Waals surface area contributed by atoms with Gasteiger partial charge in [0.25, 0.3) is 0 Å². The van der Waals surface area contributed by atoms with E-state index in [0.29, 0.717) is 12.8 Å². The lowest BCUT2D eigenvalue weighted by atomic mass is 9.94. The standard InChI is InChI=1S/C15H28O4/c1-6-15(5,19)10-12(16)9-11(2)7-8-13(17)14(3,4)18/h6,9,12-13,16-19H,1,7-8,10H2,2-5H3/b11-9+/t12-,13-,15-/m1/s1. The summed E-state index contributed by atoms with van der Waals surface area (Å²) < 4.78 is 0. The lowest BCUT2D eigenvalue weighted by Crippen LogP contribution is -2.35. The van der Waals surface area contributed by atoms with Gasteiger partial charge in [-0.3, -0.25) is 0 Å². The average Bonchev–Trinajstić information content (AvgIpc) is 2.23. The van der Waals surface area contributed by atoms with Gasteiger partial charge in [0.05, 0.1) is 23.4 Å². The topological polar surface area (TPSA) is 80.9 Å². The van der Waals surface area contributed by atoms with Gasteiger partial charge in [-0.2, -0.15) is 0 Å². The minimum Gasteiger partial charge on any atom is -0.390 e. The number of rotatable bonds is 8. The third-order valence-corrected chi connectivity index (χ3v) is 3.17. The number of aliphatic hydroxyl groups excluding tert-OH is 2. The second-order valence-electron chi connectivity index (χ2n) is 6.05. The summed E-state index contributed by atoms with van der Waals surface area (Å²) in [6.45, 7) is 10.1. The molecule has 0 aromatic heterocycles. The van der Waals surface area contributed by atoms with Crippen molar-refractivity contribution in [3.05, 3.63) is 24.3 Å². The number of aliphatic hydroxyl groups is 4. The van der Waals surface area contributed by atoms with Crippen LogP contribution in [-0.4, -0.2) is 43.8 Å². The minimum absolute atomic E-state index is 0.182. The maximum Gasteiger partial charge on any atom is 0.0849 e. The highest BCUT2D eigenvalue weighted by Gasteiger charge is 2.24. The maximum absolute atomic E-state index is 9.82. The Kier molecular flexibility index (Phi) is 6.94. The molecule has 0 aromatic rings. The van der Waals surface area contributed by atoms with E-state index < -0.39 is 23.4 Å². The van der Waals surface area contributed by atoms with Crippen molar-refractivity contribution in [1.29, 1.82) is 0 Å². The van der Waals surface area contributed by atoms with Crippen molar-refractivity contribution < 1.29 is 20.4 Å². The summed E-state index contributed by atoms with van der Waals surface area (Å²) in [5.74, 6) is 0. The van der Waals surface area contributed by atoms with Crippen molar-refractivity contribution in [2.24, 2.45) is 0 Å². The molecule has 0 rings (SSSR count). The van der Waals surface area contributed by atoms with Crippen LogP contribution >= 0.6 is 0 Å². The molecular formula is C15H28O4. The van der Waals surface area contributed by atoms with Crippen LogP contribution in [0.3, 0.4) is 0 Å². The smallest absolute Gasteiger partial charge is 0.0849 e. The van der Waals surface area contributed by atoms with Crippen LogP contribution < -0.4 is 0 Å². The van der Waals surface area contributed by atoms with E-state index in [1.807, 2.05) is 6.92 Å². The first-order chi connectivity index (χ1) is 8.48. The highest BCUT2D eigenvalue weighted by molar-refractivity contribution is 5.05. The molecule has 0 unspecified atom stereocenters. The summed E-state index contributed by atoms with van der Waals surface area (Å²) in [5.41, 5.74) is -1.30. The van der Waals surface area contributed by atoms with E-state index in [0.717, 1.165) is 5.57 Å². The number of allylic oxidation sites excluding steroid dienone is 1. The molecule has 0 spiro atoms. The fourth-order valence-electron chi connectivity index (χ4n) is 1.70. The molecule has 19 heavy (non-hydrogen) atoms. The predicted octanol–water partition coefficient (Wildman–Crippen LogP) is 1.53. The third-order valence-electron chi connectivity index (χ3n) is 3.17. The first kappa shape index (κ1) is 18.3. The molecule has 0 aliphatic heterocycles. The fraction of sp³-hybridized carbons (Fsp3) is 0.733. The van der Waals surface area contributed by atoms with E-state index in [2.05, 4.69) is 6.58 Å².